The lowest BCUT2D eigenvalue weighted by Crippen LogP contribution is -2.41. The minimum absolute atomic E-state index is 0.0678. The predicted octanol–water partition coefficient (Wildman–Crippen LogP) is 1.98. The van der Waals surface area contributed by atoms with E-state index in [2.05, 4.69) is 4.74 Å². The SMILES string of the molecule is CC(OC(=O)c1cc(-n2c(=O)cc(C(F)(F)F)n(C)c2=O)c(F)cc1Cl)C(=O)O. The summed E-state index contributed by atoms with van der Waals surface area (Å²) in [7, 11) is 0.721. The van der Waals surface area contributed by atoms with Crippen molar-refractivity contribution in [1.29, 1.82) is 0 Å². The third kappa shape index (κ3) is 4.31. The molecule has 0 bridgehead atoms. The minimum Gasteiger partial charge on any atom is -0.479 e. The van der Waals surface area contributed by atoms with Gasteiger partial charge in [-0.1, -0.05) is 11.6 Å². The molecule has 2 aromatic rings. The normalized spacial score (nSPS) is 12.5. The molecule has 0 saturated heterocycles. The first-order chi connectivity index (χ1) is 13.3. The van der Waals surface area contributed by atoms with E-state index in [1.165, 1.54) is 0 Å². The second-order valence-electron chi connectivity index (χ2n) is 5.71. The topological polar surface area (TPSA) is 108 Å². The van der Waals surface area contributed by atoms with E-state index in [-0.39, 0.29) is 15.2 Å². The monoisotopic (exact) mass is 438 g/mol. The molecule has 0 spiro atoms. The Balaban J connectivity index is 2.70. The molecule has 0 aliphatic heterocycles. The van der Waals surface area contributed by atoms with Gasteiger partial charge in [0.1, 0.15) is 11.5 Å². The van der Waals surface area contributed by atoms with E-state index in [1.807, 2.05) is 0 Å². The number of rotatable bonds is 4. The average molecular weight is 439 g/mol. The van der Waals surface area contributed by atoms with Gasteiger partial charge >= 0.3 is 23.8 Å². The number of carboxylic acids is 1. The van der Waals surface area contributed by atoms with Crippen molar-refractivity contribution in [2.45, 2.75) is 19.2 Å². The van der Waals surface area contributed by atoms with Gasteiger partial charge in [-0.25, -0.2) is 23.3 Å². The Morgan fingerprint density at radius 2 is 1.79 bits per heavy atom. The predicted molar refractivity (Wildman–Crippen MR) is 89.8 cm³/mol. The molecule has 1 N–H and O–H groups in total. The van der Waals surface area contributed by atoms with Crippen LogP contribution in [0.2, 0.25) is 5.02 Å². The molecule has 0 amide bonds. The first kappa shape index (κ1) is 22.1. The summed E-state index contributed by atoms with van der Waals surface area (Å²) < 4.78 is 57.8. The van der Waals surface area contributed by atoms with Crippen LogP contribution in [0, 0.1) is 5.82 Å². The second-order valence-corrected chi connectivity index (χ2v) is 6.12. The van der Waals surface area contributed by atoms with Crippen molar-refractivity contribution in [3.63, 3.8) is 0 Å². The summed E-state index contributed by atoms with van der Waals surface area (Å²) in [6, 6.07) is 1.22. The zero-order chi connectivity index (χ0) is 22.3. The molecule has 0 aliphatic carbocycles. The highest BCUT2D eigenvalue weighted by atomic mass is 35.5. The maximum Gasteiger partial charge on any atom is 0.431 e. The third-order valence-corrected chi connectivity index (χ3v) is 4.05. The number of alkyl halides is 3. The number of aromatic nitrogens is 2. The van der Waals surface area contributed by atoms with Gasteiger partial charge in [0.15, 0.2) is 6.10 Å². The fourth-order valence-corrected chi connectivity index (χ4v) is 2.49. The molecular formula is C16H11ClF4N2O6. The number of halogens is 5. The molecule has 1 aromatic carbocycles. The van der Waals surface area contributed by atoms with Crippen LogP contribution in [-0.2, 0) is 22.8 Å². The molecule has 0 radical (unpaired) electrons. The van der Waals surface area contributed by atoms with Crippen LogP contribution < -0.4 is 11.2 Å². The van der Waals surface area contributed by atoms with Gasteiger partial charge in [-0.15, -0.1) is 0 Å². The van der Waals surface area contributed by atoms with Crippen molar-refractivity contribution in [1.82, 2.24) is 9.13 Å². The zero-order valence-electron chi connectivity index (χ0n) is 14.6. The summed E-state index contributed by atoms with van der Waals surface area (Å²) in [6.45, 7) is 1.02. The maximum absolute atomic E-state index is 14.3. The van der Waals surface area contributed by atoms with Crippen LogP contribution >= 0.6 is 11.6 Å². The van der Waals surface area contributed by atoms with Crippen molar-refractivity contribution in [2.75, 3.05) is 0 Å². The lowest BCUT2D eigenvalue weighted by atomic mass is 10.2. The van der Waals surface area contributed by atoms with Crippen LogP contribution in [0.5, 0.6) is 0 Å². The van der Waals surface area contributed by atoms with Crippen LogP contribution in [0.15, 0.2) is 27.8 Å². The summed E-state index contributed by atoms with van der Waals surface area (Å²) in [4.78, 5) is 47.2. The highest BCUT2D eigenvalue weighted by Gasteiger charge is 2.35. The number of carbonyl (C=O) groups is 2. The Kier molecular flexibility index (Phi) is 5.88. The standard InChI is InChI=1S/C16H11ClF4N2O6/c1-6(13(25)26)29-14(27)7-3-10(9(18)4-8(7)17)23-12(24)5-11(16(19,20)21)22(2)15(23)28/h3-6H,1-2H3,(H,25,26). The Bertz CT molecular complexity index is 1120. The molecule has 156 valence electrons. The van der Waals surface area contributed by atoms with Crippen molar-refractivity contribution >= 4 is 23.5 Å². The van der Waals surface area contributed by atoms with Crippen molar-refractivity contribution < 1.29 is 37.0 Å². The van der Waals surface area contributed by atoms with E-state index in [1.54, 1.807) is 0 Å². The molecule has 1 heterocycles. The van der Waals surface area contributed by atoms with Crippen molar-refractivity contribution in [3.8, 4) is 5.69 Å². The van der Waals surface area contributed by atoms with E-state index < -0.39 is 63.3 Å². The third-order valence-electron chi connectivity index (χ3n) is 3.74. The molecule has 1 unspecified atom stereocenters. The minimum atomic E-state index is -5.02. The van der Waals surface area contributed by atoms with Gasteiger partial charge in [0.25, 0.3) is 5.56 Å². The summed E-state index contributed by atoms with van der Waals surface area (Å²) in [5.41, 5.74) is -6.09. The summed E-state index contributed by atoms with van der Waals surface area (Å²) in [5.74, 6) is -4.11. The zero-order valence-corrected chi connectivity index (χ0v) is 15.3. The lowest BCUT2D eigenvalue weighted by molar-refractivity contribution is -0.146. The van der Waals surface area contributed by atoms with E-state index in [9.17, 15) is 36.7 Å². The number of aliphatic carboxylic acids is 1. The molecule has 0 aliphatic rings. The molecular weight excluding hydrogens is 428 g/mol. The number of ether oxygens (including phenoxy) is 1. The van der Waals surface area contributed by atoms with Gasteiger partial charge in [-0.2, -0.15) is 13.2 Å². The molecule has 0 saturated carbocycles. The number of carbonyl (C=O) groups excluding carboxylic acids is 1. The molecule has 13 heteroatoms. The Morgan fingerprint density at radius 1 is 1.21 bits per heavy atom. The number of benzene rings is 1. The molecule has 8 nitrogen and oxygen atoms in total. The highest BCUT2D eigenvalue weighted by molar-refractivity contribution is 6.33. The van der Waals surface area contributed by atoms with Crippen LogP contribution in [0.3, 0.4) is 0 Å². The smallest absolute Gasteiger partial charge is 0.431 e. The Morgan fingerprint density at radius 3 is 2.31 bits per heavy atom. The van der Waals surface area contributed by atoms with Gasteiger partial charge in [-0.3, -0.25) is 9.36 Å². The fourth-order valence-electron chi connectivity index (χ4n) is 2.26. The number of esters is 1. The largest absolute Gasteiger partial charge is 0.479 e. The summed E-state index contributed by atoms with van der Waals surface area (Å²) >= 11 is 5.74. The maximum atomic E-state index is 14.3. The van der Waals surface area contributed by atoms with Gasteiger partial charge < -0.3 is 9.84 Å². The lowest BCUT2D eigenvalue weighted by Gasteiger charge is -2.15. The number of hydrogen-bond acceptors (Lipinski definition) is 5. The summed E-state index contributed by atoms with van der Waals surface area (Å²) in [5, 5.41) is 8.23. The first-order valence-electron chi connectivity index (χ1n) is 7.59. The molecule has 29 heavy (non-hydrogen) atoms. The van der Waals surface area contributed by atoms with Crippen LogP contribution in [0.1, 0.15) is 23.0 Å². The first-order valence-corrected chi connectivity index (χ1v) is 7.97. The van der Waals surface area contributed by atoms with Crippen LogP contribution in [-0.4, -0.2) is 32.3 Å². The van der Waals surface area contributed by atoms with Crippen molar-refractivity contribution in [3.05, 3.63) is 61.1 Å². The van der Waals surface area contributed by atoms with E-state index >= 15 is 0 Å². The molecule has 2 rings (SSSR count). The molecule has 1 atom stereocenters. The summed E-state index contributed by atoms with van der Waals surface area (Å²) in [6.07, 6.45) is -6.62. The van der Waals surface area contributed by atoms with E-state index in [0.29, 0.717) is 12.1 Å². The number of carboxylic acid groups (broad SMARTS) is 1. The quantitative estimate of drug-likeness (QED) is 0.578. The fraction of sp³-hybridized carbons (Fsp3) is 0.250. The number of hydrogen-bond donors (Lipinski definition) is 1. The van der Waals surface area contributed by atoms with Crippen molar-refractivity contribution in [2.24, 2.45) is 7.05 Å². The van der Waals surface area contributed by atoms with Crippen LogP contribution in [0.25, 0.3) is 5.69 Å². The van der Waals surface area contributed by atoms with Gasteiger partial charge in [-0.05, 0) is 19.1 Å². The van der Waals surface area contributed by atoms with Gasteiger partial charge in [0.2, 0.25) is 0 Å². The second kappa shape index (κ2) is 7.70. The highest BCUT2D eigenvalue weighted by Crippen LogP contribution is 2.27. The molecule has 1 aromatic heterocycles. The average Bonchev–Trinajstić information content (AvgIpc) is 2.58. The van der Waals surface area contributed by atoms with E-state index in [4.69, 9.17) is 16.7 Å². The van der Waals surface area contributed by atoms with Gasteiger partial charge in [0.05, 0.1) is 16.3 Å². The number of nitrogens with zero attached hydrogens (tertiary/aromatic N) is 2. The Labute approximate surface area is 163 Å². The van der Waals surface area contributed by atoms with Gasteiger partial charge in [0, 0.05) is 13.1 Å². The van der Waals surface area contributed by atoms with Crippen LogP contribution in [0.4, 0.5) is 17.6 Å². The Hall–Kier alpha value is -3.15. The molecule has 0 fully saturated rings. The van der Waals surface area contributed by atoms with E-state index in [0.717, 1.165) is 14.0 Å².